The monoisotopic (exact) mass is 184 g/mol. The summed E-state index contributed by atoms with van der Waals surface area (Å²) in [5.74, 6) is -1.24. The highest BCUT2D eigenvalue weighted by atomic mass is 16.4. The maximum absolute atomic E-state index is 11.2. The second-order valence-corrected chi connectivity index (χ2v) is 3.16. The Kier molecular flexibility index (Phi) is 2.67. The van der Waals surface area contributed by atoms with E-state index in [-0.39, 0.29) is 23.9 Å². The molecule has 0 aromatic heterocycles. The number of hydrogen-bond acceptors (Lipinski definition) is 3. The van der Waals surface area contributed by atoms with Crippen LogP contribution in [-0.4, -0.2) is 34.5 Å². The van der Waals surface area contributed by atoms with E-state index in [1.54, 1.807) is 6.92 Å². The van der Waals surface area contributed by atoms with Gasteiger partial charge in [-0.3, -0.25) is 4.79 Å². The van der Waals surface area contributed by atoms with Crippen LogP contribution in [0.5, 0.6) is 0 Å². The summed E-state index contributed by atoms with van der Waals surface area (Å²) >= 11 is 0. The third-order valence-corrected chi connectivity index (χ3v) is 1.73. The van der Waals surface area contributed by atoms with E-state index in [4.69, 9.17) is 10.8 Å². The van der Waals surface area contributed by atoms with Gasteiger partial charge in [-0.25, -0.2) is 4.79 Å². The van der Waals surface area contributed by atoms with Gasteiger partial charge in [0.25, 0.3) is 0 Å². The van der Waals surface area contributed by atoms with Crippen molar-refractivity contribution in [1.29, 1.82) is 0 Å². The number of nitrogens with two attached hydrogens (primary N) is 1. The van der Waals surface area contributed by atoms with Gasteiger partial charge in [0.15, 0.2) is 0 Å². The van der Waals surface area contributed by atoms with E-state index in [0.29, 0.717) is 6.54 Å². The number of amides is 1. The number of carbonyl (C=O) groups is 2. The molecule has 0 radical (unpaired) electrons. The minimum atomic E-state index is -1.04. The minimum absolute atomic E-state index is 0.0257. The molecule has 1 amide bonds. The highest BCUT2D eigenvalue weighted by Crippen LogP contribution is 2.15. The lowest BCUT2D eigenvalue weighted by atomic mass is 10.2. The van der Waals surface area contributed by atoms with Crippen LogP contribution in [0.2, 0.25) is 0 Å². The highest BCUT2D eigenvalue weighted by molar-refractivity contribution is 5.97. The van der Waals surface area contributed by atoms with E-state index in [1.807, 2.05) is 0 Å². The van der Waals surface area contributed by atoms with Crippen LogP contribution in [0.3, 0.4) is 0 Å². The molecule has 1 atom stereocenters. The molecule has 1 aliphatic heterocycles. The largest absolute Gasteiger partial charge is 0.478 e. The Balaban J connectivity index is 2.67. The number of carboxylic acids is 1. The van der Waals surface area contributed by atoms with Crippen LogP contribution >= 0.6 is 0 Å². The number of carbonyl (C=O) groups excluding carboxylic acids is 1. The van der Waals surface area contributed by atoms with E-state index >= 15 is 0 Å². The van der Waals surface area contributed by atoms with Crippen molar-refractivity contribution in [3.05, 3.63) is 11.8 Å². The van der Waals surface area contributed by atoms with Crippen LogP contribution in [0.1, 0.15) is 13.3 Å². The topological polar surface area (TPSA) is 83.6 Å². The van der Waals surface area contributed by atoms with Gasteiger partial charge in [0.1, 0.15) is 0 Å². The first-order chi connectivity index (χ1) is 6.00. The van der Waals surface area contributed by atoms with E-state index in [9.17, 15) is 9.59 Å². The summed E-state index contributed by atoms with van der Waals surface area (Å²) in [6.07, 6.45) is 1.33. The van der Waals surface area contributed by atoms with Gasteiger partial charge >= 0.3 is 5.97 Å². The van der Waals surface area contributed by atoms with Crippen molar-refractivity contribution in [3.63, 3.8) is 0 Å². The number of aliphatic carboxylic acids is 1. The molecule has 1 rings (SSSR count). The fraction of sp³-hybridized carbons (Fsp3) is 0.500. The van der Waals surface area contributed by atoms with Crippen LogP contribution < -0.4 is 5.73 Å². The molecule has 1 heterocycles. The lowest BCUT2D eigenvalue weighted by Gasteiger charge is -2.15. The molecule has 1 aliphatic rings. The zero-order valence-electron chi connectivity index (χ0n) is 7.36. The van der Waals surface area contributed by atoms with Crippen LogP contribution in [0.4, 0.5) is 0 Å². The SMILES string of the molecule is CC(N)CN1C=C(C(=O)O)CC1=O. The highest BCUT2D eigenvalue weighted by Gasteiger charge is 2.25. The Bertz CT molecular complexity index is 271. The van der Waals surface area contributed by atoms with Crippen molar-refractivity contribution in [2.45, 2.75) is 19.4 Å². The van der Waals surface area contributed by atoms with E-state index < -0.39 is 5.97 Å². The molecule has 1 unspecified atom stereocenters. The van der Waals surface area contributed by atoms with Gasteiger partial charge in [0.05, 0.1) is 12.0 Å². The first-order valence-corrected chi connectivity index (χ1v) is 3.99. The fourth-order valence-electron chi connectivity index (χ4n) is 1.17. The number of hydrogen-bond donors (Lipinski definition) is 2. The molecule has 72 valence electrons. The molecule has 0 aliphatic carbocycles. The summed E-state index contributed by atoms with van der Waals surface area (Å²) in [6, 6.07) is -0.145. The normalized spacial score (nSPS) is 18.8. The second-order valence-electron chi connectivity index (χ2n) is 3.16. The van der Waals surface area contributed by atoms with Gasteiger partial charge < -0.3 is 15.7 Å². The Labute approximate surface area is 75.8 Å². The quantitative estimate of drug-likeness (QED) is 0.621. The zero-order chi connectivity index (χ0) is 10.0. The average Bonchev–Trinajstić information content (AvgIpc) is 2.31. The van der Waals surface area contributed by atoms with Gasteiger partial charge in [-0.1, -0.05) is 0 Å². The summed E-state index contributed by atoms with van der Waals surface area (Å²) in [6.45, 7) is 2.13. The van der Waals surface area contributed by atoms with Crippen molar-refractivity contribution in [2.24, 2.45) is 5.73 Å². The van der Waals surface area contributed by atoms with Gasteiger partial charge in [-0.05, 0) is 6.92 Å². The molecule has 0 aromatic carbocycles. The summed E-state index contributed by atoms with van der Waals surface area (Å²) in [4.78, 5) is 23.0. The smallest absolute Gasteiger partial charge is 0.333 e. The van der Waals surface area contributed by atoms with E-state index in [2.05, 4.69) is 0 Å². The first kappa shape index (κ1) is 9.73. The molecule has 3 N–H and O–H groups in total. The van der Waals surface area contributed by atoms with Gasteiger partial charge in [-0.2, -0.15) is 0 Å². The van der Waals surface area contributed by atoms with Crippen LogP contribution in [-0.2, 0) is 9.59 Å². The third kappa shape index (κ3) is 2.29. The summed E-state index contributed by atoms with van der Waals surface area (Å²) in [5.41, 5.74) is 5.62. The molecule has 0 bridgehead atoms. The standard InChI is InChI=1S/C8H12N2O3/c1-5(9)3-10-4-6(8(12)13)2-7(10)11/h4-5H,2-3,9H2,1H3,(H,12,13). The van der Waals surface area contributed by atoms with E-state index in [1.165, 1.54) is 11.1 Å². The van der Waals surface area contributed by atoms with Gasteiger partial charge in [0.2, 0.25) is 5.91 Å². The number of rotatable bonds is 3. The Morgan fingerprint density at radius 2 is 2.46 bits per heavy atom. The van der Waals surface area contributed by atoms with Gasteiger partial charge in [-0.15, -0.1) is 0 Å². The minimum Gasteiger partial charge on any atom is -0.478 e. The molecular formula is C8H12N2O3. The van der Waals surface area contributed by atoms with Crippen molar-refractivity contribution in [1.82, 2.24) is 4.90 Å². The summed E-state index contributed by atoms with van der Waals surface area (Å²) < 4.78 is 0. The summed E-state index contributed by atoms with van der Waals surface area (Å²) in [7, 11) is 0. The van der Waals surface area contributed by atoms with Crippen LogP contribution in [0, 0.1) is 0 Å². The Morgan fingerprint density at radius 1 is 1.85 bits per heavy atom. The summed E-state index contributed by atoms with van der Waals surface area (Å²) in [5, 5.41) is 8.60. The van der Waals surface area contributed by atoms with Crippen molar-refractivity contribution >= 4 is 11.9 Å². The molecule has 0 spiro atoms. The molecule has 5 heteroatoms. The first-order valence-electron chi connectivity index (χ1n) is 3.99. The van der Waals surface area contributed by atoms with E-state index in [0.717, 1.165) is 0 Å². The predicted molar refractivity (Wildman–Crippen MR) is 45.7 cm³/mol. The molecule has 13 heavy (non-hydrogen) atoms. The molecular weight excluding hydrogens is 172 g/mol. The molecule has 0 saturated carbocycles. The fourth-order valence-corrected chi connectivity index (χ4v) is 1.17. The van der Waals surface area contributed by atoms with Gasteiger partial charge in [0, 0.05) is 18.8 Å². The second kappa shape index (κ2) is 3.57. The lowest BCUT2D eigenvalue weighted by Crippen LogP contribution is -2.33. The number of nitrogens with zero attached hydrogens (tertiary/aromatic N) is 1. The van der Waals surface area contributed by atoms with Crippen molar-refractivity contribution < 1.29 is 14.7 Å². The maximum atomic E-state index is 11.2. The Morgan fingerprint density at radius 3 is 2.85 bits per heavy atom. The maximum Gasteiger partial charge on any atom is 0.333 e. The lowest BCUT2D eigenvalue weighted by molar-refractivity contribution is -0.134. The zero-order valence-corrected chi connectivity index (χ0v) is 7.36. The molecule has 0 aromatic rings. The predicted octanol–water partition coefficient (Wildman–Crippen LogP) is -0.466. The van der Waals surface area contributed by atoms with Crippen molar-refractivity contribution in [3.8, 4) is 0 Å². The average molecular weight is 184 g/mol. The van der Waals surface area contributed by atoms with Crippen LogP contribution in [0.15, 0.2) is 11.8 Å². The number of carboxylic acid groups (broad SMARTS) is 1. The third-order valence-electron chi connectivity index (χ3n) is 1.73. The van der Waals surface area contributed by atoms with Crippen LogP contribution in [0.25, 0.3) is 0 Å². The molecule has 0 fully saturated rings. The Hall–Kier alpha value is -1.36. The van der Waals surface area contributed by atoms with Crippen molar-refractivity contribution in [2.75, 3.05) is 6.54 Å². The molecule has 5 nitrogen and oxygen atoms in total. The molecule has 0 saturated heterocycles.